The summed E-state index contributed by atoms with van der Waals surface area (Å²) in [5, 5.41) is 12.0. The highest BCUT2D eigenvalue weighted by Crippen LogP contribution is 2.16. The molecule has 2 atom stereocenters. The van der Waals surface area contributed by atoms with Crippen molar-refractivity contribution in [3.8, 4) is 0 Å². The molecule has 2 N–H and O–H groups in total. The first kappa shape index (κ1) is 16.3. The average Bonchev–Trinajstić information content (AvgIpc) is 2.54. The normalized spacial score (nSPS) is 19.5. The van der Waals surface area contributed by atoms with Gasteiger partial charge in [-0.2, -0.15) is 0 Å². The third kappa shape index (κ3) is 4.76. The number of aliphatic carboxylic acids is 1. The van der Waals surface area contributed by atoms with Gasteiger partial charge in [0.15, 0.2) is 0 Å². The first-order valence-electron chi connectivity index (χ1n) is 7.88. The Morgan fingerprint density at radius 2 is 2.09 bits per heavy atom. The quantitative estimate of drug-likeness (QED) is 0.878. The summed E-state index contributed by atoms with van der Waals surface area (Å²) in [4.78, 5) is 24.9. The molecule has 1 aliphatic rings. The van der Waals surface area contributed by atoms with Gasteiger partial charge < -0.3 is 15.3 Å². The SMILES string of the molecule is CC(CCc1ccccc1)NC(=O)N1CCCC(C(=O)O)C1. The van der Waals surface area contributed by atoms with E-state index in [1.54, 1.807) is 4.90 Å². The van der Waals surface area contributed by atoms with Crippen LogP contribution in [0.1, 0.15) is 31.7 Å². The minimum absolute atomic E-state index is 0.0675. The van der Waals surface area contributed by atoms with E-state index in [0.29, 0.717) is 19.5 Å². The highest BCUT2D eigenvalue weighted by atomic mass is 16.4. The lowest BCUT2D eigenvalue weighted by atomic mass is 9.98. The Labute approximate surface area is 131 Å². The number of carbonyl (C=O) groups excluding carboxylic acids is 1. The van der Waals surface area contributed by atoms with E-state index >= 15 is 0 Å². The van der Waals surface area contributed by atoms with Crippen molar-refractivity contribution in [2.45, 2.75) is 38.6 Å². The van der Waals surface area contributed by atoms with Gasteiger partial charge in [-0.25, -0.2) is 4.79 Å². The van der Waals surface area contributed by atoms with Crippen LogP contribution in [0.5, 0.6) is 0 Å². The fourth-order valence-electron chi connectivity index (χ4n) is 2.77. The molecule has 1 aromatic rings. The monoisotopic (exact) mass is 304 g/mol. The van der Waals surface area contributed by atoms with Crippen LogP contribution in [-0.2, 0) is 11.2 Å². The van der Waals surface area contributed by atoms with Crippen LogP contribution in [0.25, 0.3) is 0 Å². The predicted octanol–water partition coefficient (Wildman–Crippen LogP) is 2.51. The summed E-state index contributed by atoms with van der Waals surface area (Å²) >= 11 is 0. The second-order valence-electron chi connectivity index (χ2n) is 6.00. The van der Waals surface area contributed by atoms with Crippen molar-refractivity contribution < 1.29 is 14.7 Å². The van der Waals surface area contributed by atoms with E-state index < -0.39 is 11.9 Å². The zero-order valence-electron chi connectivity index (χ0n) is 13.0. The Bertz CT molecular complexity index is 504. The van der Waals surface area contributed by atoms with Gasteiger partial charge >= 0.3 is 12.0 Å². The van der Waals surface area contributed by atoms with Gasteiger partial charge in [-0.3, -0.25) is 4.79 Å². The molecule has 2 amide bonds. The van der Waals surface area contributed by atoms with Crippen molar-refractivity contribution in [2.75, 3.05) is 13.1 Å². The largest absolute Gasteiger partial charge is 0.481 e. The van der Waals surface area contributed by atoms with Gasteiger partial charge in [-0.1, -0.05) is 30.3 Å². The molecule has 5 heteroatoms. The van der Waals surface area contributed by atoms with E-state index in [1.165, 1.54) is 5.56 Å². The number of piperidine rings is 1. The fourth-order valence-corrected chi connectivity index (χ4v) is 2.77. The van der Waals surface area contributed by atoms with Gasteiger partial charge in [0, 0.05) is 19.1 Å². The summed E-state index contributed by atoms with van der Waals surface area (Å²) in [6, 6.07) is 10.1. The molecule has 0 radical (unpaired) electrons. The van der Waals surface area contributed by atoms with Crippen molar-refractivity contribution in [1.29, 1.82) is 0 Å². The number of likely N-dealkylation sites (tertiary alicyclic amines) is 1. The minimum atomic E-state index is -0.811. The average molecular weight is 304 g/mol. The second kappa shape index (κ2) is 7.82. The molecular weight excluding hydrogens is 280 g/mol. The molecule has 1 aliphatic heterocycles. The molecule has 1 heterocycles. The number of rotatable bonds is 5. The number of benzene rings is 1. The fraction of sp³-hybridized carbons (Fsp3) is 0.529. The number of nitrogens with one attached hydrogen (secondary N) is 1. The van der Waals surface area contributed by atoms with Crippen molar-refractivity contribution in [3.05, 3.63) is 35.9 Å². The Hall–Kier alpha value is -2.04. The minimum Gasteiger partial charge on any atom is -0.481 e. The van der Waals surface area contributed by atoms with Crippen LogP contribution in [0.2, 0.25) is 0 Å². The van der Waals surface area contributed by atoms with Gasteiger partial charge in [-0.05, 0) is 38.2 Å². The molecule has 0 bridgehead atoms. The first-order chi connectivity index (χ1) is 10.6. The number of hydrogen-bond donors (Lipinski definition) is 2. The maximum atomic E-state index is 12.2. The number of carboxylic acids is 1. The summed E-state index contributed by atoms with van der Waals surface area (Å²) in [6.45, 7) is 2.94. The van der Waals surface area contributed by atoms with Crippen LogP contribution in [0, 0.1) is 5.92 Å². The van der Waals surface area contributed by atoms with Gasteiger partial charge in [0.1, 0.15) is 0 Å². The number of aryl methyl sites for hydroxylation is 1. The molecule has 1 saturated heterocycles. The molecule has 0 aliphatic carbocycles. The summed E-state index contributed by atoms with van der Waals surface area (Å²) in [5.41, 5.74) is 1.26. The van der Waals surface area contributed by atoms with E-state index in [0.717, 1.165) is 19.3 Å². The van der Waals surface area contributed by atoms with Crippen LogP contribution < -0.4 is 5.32 Å². The molecule has 1 fully saturated rings. The van der Waals surface area contributed by atoms with Gasteiger partial charge in [-0.15, -0.1) is 0 Å². The topological polar surface area (TPSA) is 69.6 Å². The second-order valence-corrected chi connectivity index (χ2v) is 6.00. The summed E-state index contributed by atoms with van der Waals surface area (Å²) in [5.74, 6) is -1.24. The van der Waals surface area contributed by atoms with E-state index in [2.05, 4.69) is 17.4 Å². The highest BCUT2D eigenvalue weighted by molar-refractivity contribution is 5.76. The van der Waals surface area contributed by atoms with Gasteiger partial charge in [0.25, 0.3) is 0 Å². The maximum Gasteiger partial charge on any atom is 0.317 e. The molecule has 120 valence electrons. The number of nitrogens with zero attached hydrogens (tertiary/aromatic N) is 1. The molecule has 5 nitrogen and oxygen atoms in total. The Kier molecular flexibility index (Phi) is 5.81. The van der Waals surface area contributed by atoms with Gasteiger partial charge in [0.05, 0.1) is 5.92 Å². The van der Waals surface area contributed by atoms with Crippen molar-refractivity contribution in [2.24, 2.45) is 5.92 Å². The lowest BCUT2D eigenvalue weighted by Gasteiger charge is -2.31. The van der Waals surface area contributed by atoms with Crippen LogP contribution >= 0.6 is 0 Å². The molecule has 1 aromatic carbocycles. The van der Waals surface area contributed by atoms with E-state index in [4.69, 9.17) is 5.11 Å². The maximum absolute atomic E-state index is 12.2. The number of urea groups is 1. The zero-order valence-corrected chi connectivity index (χ0v) is 13.0. The molecule has 0 spiro atoms. The summed E-state index contributed by atoms with van der Waals surface area (Å²) in [6.07, 6.45) is 3.19. The predicted molar refractivity (Wildman–Crippen MR) is 84.7 cm³/mol. The van der Waals surface area contributed by atoms with E-state index in [1.807, 2.05) is 25.1 Å². The molecule has 0 saturated carbocycles. The smallest absolute Gasteiger partial charge is 0.317 e. The third-order valence-electron chi connectivity index (χ3n) is 4.14. The number of hydrogen-bond acceptors (Lipinski definition) is 2. The van der Waals surface area contributed by atoms with Crippen LogP contribution in [0.3, 0.4) is 0 Å². The van der Waals surface area contributed by atoms with Crippen molar-refractivity contribution in [1.82, 2.24) is 10.2 Å². The molecule has 2 unspecified atom stereocenters. The zero-order chi connectivity index (χ0) is 15.9. The number of amides is 2. The lowest BCUT2D eigenvalue weighted by Crippen LogP contribution is -2.49. The highest BCUT2D eigenvalue weighted by Gasteiger charge is 2.28. The van der Waals surface area contributed by atoms with Crippen LogP contribution in [-0.4, -0.2) is 41.1 Å². The van der Waals surface area contributed by atoms with Crippen molar-refractivity contribution >= 4 is 12.0 Å². The number of carboxylic acid groups (broad SMARTS) is 1. The lowest BCUT2D eigenvalue weighted by molar-refractivity contribution is -0.143. The summed E-state index contributed by atoms with van der Waals surface area (Å²) < 4.78 is 0. The molecule has 22 heavy (non-hydrogen) atoms. The van der Waals surface area contributed by atoms with Crippen molar-refractivity contribution in [3.63, 3.8) is 0 Å². The Morgan fingerprint density at radius 3 is 2.77 bits per heavy atom. The third-order valence-corrected chi connectivity index (χ3v) is 4.14. The Morgan fingerprint density at radius 1 is 1.36 bits per heavy atom. The van der Waals surface area contributed by atoms with E-state index in [9.17, 15) is 9.59 Å². The summed E-state index contributed by atoms with van der Waals surface area (Å²) in [7, 11) is 0. The standard InChI is InChI=1S/C17H24N2O3/c1-13(9-10-14-6-3-2-4-7-14)18-17(22)19-11-5-8-15(12-19)16(20)21/h2-4,6-7,13,15H,5,8-12H2,1H3,(H,18,22)(H,20,21). The number of carbonyl (C=O) groups is 2. The van der Waals surface area contributed by atoms with E-state index in [-0.39, 0.29) is 12.1 Å². The first-order valence-corrected chi connectivity index (χ1v) is 7.88. The van der Waals surface area contributed by atoms with Crippen LogP contribution in [0.4, 0.5) is 4.79 Å². The molecule has 2 rings (SSSR count). The molecular formula is C17H24N2O3. The Balaban J connectivity index is 1.77. The van der Waals surface area contributed by atoms with Crippen LogP contribution in [0.15, 0.2) is 30.3 Å². The molecule has 0 aromatic heterocycles. The van der Waals surface area contributed by atoms with Gasteiger partial charge in [0.2, 0.25) is 0 Å².